The number of amides is 4. The van der Waals surface area contributed by atoms with Crippen LogP contribution < -0.4 is 22.1 Å². The van der Waals surface area contributed by atoms with Crippen molar-refractivity contribution in [3.8, 4) is 0 Å². The van der Waals surface area contributed by atoms with Gasteiger partial charge in [0.2, 0.25) is 11.8 Å². The van der Waals surface area contributed by atoms with Crippen LogP contribution in [0.3, 0.4) is 0 Å². The third-order valence-electron chi connectivity index (χ3n) is 8.45. The van der Waals surface area contributed by atoms with Crippen molar-refractivity contribution in [1.29, 1.82) is 0 Å². The van der Waals surface area contributed by atoms with E-state index in [9.17, 15) is 24.3 Å². The van der Waals surface area contributed by atoms with Crippen LogP contribution in [0.15, 0.2) is 60.8 Å². The van der Waals surface area contributed by atoms with E-state index in [1.165, 1.54) is 0 Å². The van der Waals surface area contributed by atoms with Gasteiger partial charge in [-0.25, -0.2) is 14.3 Å². The number of aromatic nitrogens is 2. The van der Waals surface area contributed by atoms with Gasteiger partial charge in [-0.2, -0.15) is 0 Å². The third kappa shape index (κ3) is 7.09. The first-order valence-corrected chi connectivity index (χ1v) is 14.8. The normalized spacial score (nSPS) is 20.5. The quantitative estimate of drug-likeness (QED) is 0.188. The molecule has 44 heavy (non-hydrogen) atoms. The first-order chi connectivity index (χ1) is 20.8. The molecule has 0 aliphatic carbocycles. The number of aliphatic hydroxyl groups is 1. The van der Waals surface area contributed by atoms with Crippen LogP contribution >= 0.6 is 0 Å². The number of carbonyl (C=O) groups is 4. The largest absolute Gasteiger partial charge is 0.378 e. The Morgan fingerprint density at radius 3 is 2.32 bits per heavy atom. The Morgan fingerprint density at radius 2 is 1.68 bits per heavy atom. The van der Waals surface area contributed by atoms with Crippen molar-refractivity contribution >= 4 is 34.7 Å². The molecule has 4 rings (SSSR count). The monoisotopic (exact) mass is 604 g/mol. The molecule has 1 aliphatic heterocycles. The van der Waals surface area contributed by atoms with E-state index in [1.54, 1.807) is 6.20 Å². The van der Waals surface area contributed by atoms with Crippen molar-refractivity contribution in [2.75, 3.05) is 6.54 Å². The molecule has 1 aromatic heterocycles. The molecule has 5 atom stereocenters. The van der Waals surface area contributed by atoms with E-state index in [0.717, 1.165) is 11.1 Å². The molecule has 4 amide bonds. The number of aliphatic hydroxyl groups excluding tert-OH is 1. The maximum absolute atomic E-state index is 14.3. The molecule has 234 valence electrons. The minimum atomic E-state index is -1.68. The van der Waals surface area contributed by atoms with Gasteiger partial charge in [-0.1, -0.05) is 42.5 Å². The van der Waals surface area contributed by atoms with Gasteiger partial charge in [0.05, 0.1) is 53.5 Å². The molecule has 1 saturated heterocycles. The number of rotatable bonds is 12. The fourth-order valence-corrected chi connectivity index (χ4v) is 6.24. The van der Waals surface area contributed by atoms with Crippen LogP contribution in [0, 0.1) is 0 Å². The number of nitrogens with one attached hydrogen (secondary N) is 2. The molecule has 2 heterocycles. The molecule has 0 bridgehead atoms. The number of carbonyl (C=O) groups excluding carboxylic acids is 4. The lowest BCUT2D eigenvalue weighted by atomic mass is 9.93. The van der Waals surface area contributed by atoms with E-state index in [2.05, 4.69) is 20.6 Å². The van der Waals surface area contributed by atoms with E-state index in [-0.39, 0.29) is 23.9 Å². The maximum Gasteiger partial charge on any atom is 0.345 e. The lowest BCUT2D eigenvalue weighted by Gasteiger charge is -2.47. The van der Waals surface area contributed by atoms with E-state index in [4.69, 9.17) is 11.5 Å². The summed E-state index contributed by atoms with van der Waals surface area (Å²) in [5.74, 6) is -2.53. The summed E-state index contributed by atoms with van der Waals surface area (Å²) < 4.78 is -0.325. The highest BCUT2D eigenvalue weighted by atomic mass is 16.3. The van der Waals surface area contributed by atoms with Gasteiger partial charge in [0, 0.05) is 19.4 Å². The summed E-state index contributed by atoms with van der Waals surface area (Å²) in [5, 5.41) is 17.5. The highest BCUT2D eigenvalue weighted by molar-refractivity contribution is 5.89. The fourth-order valence-electron chi connectivity index (χ4n) is 6.24. The topological polar surface area (TPSA) is 190 Å². The highest BCUT2D eigenvalue weighted by Gasteiger charge is 2.60. The van der Waals surface area contributed by atoms with Crippen molar-refractivity contribution in [3.05, 3.63) is 72.1 Å². The van der Waals surface area contributed by atoms with E-state index >= 15 is 0 Å². The number of benzene rings is 2. The molecule has 0 spiro atoms. The third-order valence-corrected chi connectivity index (χ3v) is 8.45. The summed E-state index contributed by atoms with van der Waals surface area (Å²) >= 11 is 0. The average Bonchev–Trinajstić information content (AvgIpc) is 3.46. The molecule has 1 fully saturated rings. The van der Waals surface area contributed by atoms with Crippen LogP contribution in [-0.4, -0.2) is 79.5 Å². The fraction of sp³-hybridized carbons (Fsp3) is 0.438. The average molecular weight is 605 g/mol. The van der Waals surface area contributed by atoms with Crippen LogP contribution in [0.25, 0.3) is 11.0 Å². The molecule has 1 aliphatic rings. The van der Waals surface area contributed by atoms with Gasteiger partial charge in [0.25, 0.3) is 5.91 Å². The number of nitrogens with zero attached hydrogens (tertiary/aromatic N) is 3. The van der Waals surface area contributed by atoms with Gasteiger partial charge in [0.15, 0.2) is 12.1 Å². The Kier molecular flexibility index (Phi) is 10.1. The molecular weight excluding hydrogens is 562 g/mol. The van der Waals surface area contributed by atoms with Gasteiger partial charge in [-0.3, -0.25) is 24.7 Å². The van der Waals surface area contributed by atoms with Gasteiger partial charge in [0.1, 0.15) is 0 Å². The lowest BCUT2D eigenvalue weighted by Crippen LogP contribution is -2.72. The van der Waals surface area contributed by atoms with Crippen molar-refractivity contribution in [1.82, 2.24) is 20.6 Å². The first kappa shape index (κ1) is 32.6. The Morgan fingerprint density at radius 1 is 1.02 bits per heavy atom. The number of hydrogen-bond acceptors (Lipinski definition) is 8. The second-order valence-electron chi connectivity index (χ2n) is 12.4. The standard InChI is InChI=1S/C32H41N7O5/c1-32(2,3)39(15-9-14-26(39)29(34)42)31(44)28(41)24(16-20-10-5-4-6-11-20)38-30(43)25(17-27(33)40)36-19-21-18-35-22-12-7-8-13-23(22)37-21/h4-8,10-13,18,24-26,28,36,41H,9,14-17,19H2,1-3H3,(H4-,33,34,38,40,42,43)/p+1/t24-,25-,26-,28-,39?/m0/s1. The van der Waals surface area contributed by atoms with E-state index in [1.807, 2.05) is 75.4 Å². The molecular formula is C32H42N7O5+. The Balaban J connectivity index is 1.60. The van der Waals surface area contributed by atoms with Gasteiger partial charge in [-0.05, 0) is 44.9 Å². The SMILES string of the molecule is CC(C)(C)[N+]1(C(=O)[C@@H](O)[C@H](Cc2ccccc2)NC(=O)[C@H](CC(N)=O)NCc2cnc3ccccc3n2)CCC[C@H]1C(N)=O. The van der Waals surface area contributed by atoms with Crippen molar-refractivity contribution in [2.24, 2.45) is 11.5 Å². The second-order valence-corrected chi connectivity index (χ2v) is 12.4. The molecule has 0 saturated carbocycles. The number of primary amides is 2. The van der Waals surface area contributed by atoms with E-state index in [0.29, 0.717) is 30.6 Å². The second kappa shape index (κ2) is 13.6. The molecule has 0 radical (unpaired) electrons. The zero-order chi connectivity index (χ0) is 32.1. The van der Waals surface area contributed by atoms with Crippen molar-refractivity contribution < 1.29 is 28.8 Å². The zero-order valence-electron chi connectivity index (χ0n) is 25.4. The minimum Gasteiger partial charge on any atom is -0.378 e. The number of hydrogen-bond donors (Lipinski definition) is 5. The number of nitrogens with two attached hydrogens (primary N) is 2. The molecule has 1 unspecified atom stereocenters. The summed E-state index contributed by atoms with van der Waals surface area (Å²) in [6, 6.07) is 13.5. The van der Waals surface area contributed by atoms with Crippen LogP contribution in [0.4, 0.5) is 0 Å². The summed E-state index contributed by atoms with van der Waals surface area (Å²) in [6.07, 6.45) is 0.685. The Bertz CT molecular complexity index is 1510. The van der Waals surface area contributed by atoms with Crippen LogP contribution in [0.2, 0.25) is 0 Å². The van der Waals surface area contributed by atoms with Crippen LogP contribution in [0.1, 0.15) is 51.3 Å². The van der Waals surface area contributed by atoms with E-state index < -0.39 is 53.4 Å². The number of fused-ring (bicyclic) bond motifs is 1. The van der Waals surface area contributed by atoms with Crippen LogP contribution in [-0.2, 0) is 32.1 Å². The highest BCUT2D eigenvalue weighted by Crippen LogP contribution is 2.38. The lowest BCUT2D eigenvalue weighted by molar-refractivity contribution is -0.904. The smallest absolute Gasteiger partial charge is 0.345 e. The molecule has 3 aromatic rings. The number of quaternary nitrogens is 1. The predicted molar refractivity (Wildman–Crippen MR) is 164 cm³/mol. The first-order valence-electron chi connectivity index (χ1n) is 14.8. The van der Waals surface area contributed by atoms with Crippen LogP contribution in [0.5, 0.6) is 0 Å². The summed E-state index contributed by atoms with van der Waals surface area (Å²) in [7, 11) is 0. The van der Waals surface area contributed by atoms with Crippen molar-refractivity contribution in [3.63, 3.8) is 0 Å². The van der Waals surface area contributed by atoms with Crippen molar-refractivity contribution in [2.45, 2.75) is 82.8 Å². The molecule has 2 aromatic carbocycles. The van der Waals surface area contributed by atoms with Gasteiger partial charge in [-0.15, -0.1) is 0 Å². The summed E-state index contributed by atoms with van der Waals surface area (Å²) in [6.45, 7) is 5.96. The van der Waals surface area contributed by atoms with Gasteiger partial charge < -0.3 is 21.9 Å². The zero-order valence-corrected chi connectivity index (χ0v) is 25.4. The molecule has 12 nitrogen and oxygen atoms in total. The number of para-hydroxylation sites is 2. The number of likely N-dealkylation sites (tertiary alicyclic amines) is 1. The summed E-state index contributed by atoms with van der Waals surface area (Å²) in [5.41, 5.74) is 13.2. The Labute approximate surface area is 256 Å². The molecule has 12 heteroatoms. The summed E-state index contributed by atoms with van der Waals surface area (Å²) in [4.78, 5) is 61.4. The Hall–Kier alpha value is -4.26. The van der Waals surface area contributed by atoms with Gasteiger partial charge >= 0.3 is 5.91 Å². The maximum atomic E-state index is 14.3. The minimum absolute atomic E-state index is 0.109. The predicted octanol–water partition coefficient (Wildman–Crippen LogP) is 0.841. The molecule has 7 N–H and O–H groups in total.